The summed E-state index contributed by atoms with van der Waals surface area (Å²) < 4.78 is 5.32. The SMILES string of the molecule is CCCC(CC)COC(=O)C(C)CCC. The summed E-state index contributed by atoms with van der Waals surface area (Å²) in [6.07, 6.45) is 5.40. The first-order valence-electron chi connectivity index (χ1n) is 6.32. The molecule has 0 aromatic carbocycles. The Morgan fingerprint density at radius 1 is 1.13 bits per heavy atom. The maximum atomic E-state index is 11.5. The van der Waals surface area contributed by atoms with Crippen molar-refractivity contribution in [3.63, 3.8) is 0 Å². The lowest BCUT2D eigenvalue weighted by Crippen LogP contribution is -2.19. The molecule has 0 heterocycles. The van der Waals surface area contributed by atoms with Gasteiger partial charge in [-0.1, -0.05) is 47.0 Å². The van der Waals surface area contributed by atoms with E-state index in [1.54, 1.807) is 0 Å². The minimum Gasteiger partial charge on any atom is -0.465 e. The van der Waals surface area contributed by atoms with Crippen LogP contribution in [0.5, 0.6) is 0 Å². The second-order valence-electron chi connectivity index (χ2n) is 4.38. The largest absolute Gasteiger partial charge is 0.465 e. The third kappa shape index (κ3) is 6.53. The van der Waals surface area contributed by atoms with Crippen molar-refractivity contribution >= 4 is 5.97 Å². The summed E-state index contributed by atoms with van der Waals surface area (Å²) in [5, 5.41) is 0. The normalized spacial score (nSPS) is 14.7. The predicted octanol–water partition coefficient (Wildman–Crippen LogP) is 3.79. The highest BCUT2D eigenvalue weighted by molar-refractivity contribution is 5.71. The van der Waals surface area contributed by atoms with Gasteiger partial charge in [-0.3, -0.25) is 4.79 Å². The van der Waals surface area contributed by atoms with E-state index in [9.17, 15) is 4.79 Å². The molecule has 2 atom stereocenters. The van der Waals surface area contributed by atoms with Crippen LogP contribution in [0.1, 0.15) is 59.8 Å². The summed E-state index contributed by atoms with van der Waals surface area (Å²) in [5.74, 6) is 0.591. The Balaban J connectivity index is 3.76. The average molecular weight is 214 g/mol. The zero-order valence-corrected chi connectivity index (χ0v) is 10.7. The molecule has 0 fully saturated rings. The smallest absolute Gasteiger partial charge is 0.308 e. The summed E-state index contributed by atoms with van der Waals surface area (Å²) in [5.41, 5.74) is 0. The van der Waals surface area contributed by atoms with Gasteiger partial charge in [0.2, 0.25) is 0 Å². The molecule has 0 saturated heterocycles. The van der Waals surface area contributed by atoms with E-state index >= 15 is 0 Å². The molecular formula is C13H26O2. The Morgan fingerprint density at radius 2 is 1.73 bits per heavy atom. The highest BCUT2D eigenvalue weighted by Gasteiger charge is 2.15. The van der Waals surface area contributed by atoms with Crippen LogP contribution in [0.25, 0.3) is 0 Å². The first kappa shape index (κ1) is 14.5. The fraction of sp³-hybridized carbons (Fsp3) is 0.923. The van der Waals surface area contributed by atoms with E-state index in [-0.39, 0.29) is 11.9 Å². The lowest BCUT2D eigenvalue weighted by atomic mass is 10.0. The van der Waals surface area contributed by atoms with E-state index in [4.69, 9.17) is 4.74 Å². The Bertz CT molecular complexity index is 166. The van der Waals surface area contributed by atoms with Crippen molar-refractivity contribution < 1.29 is 9.53 Å². The van der Waals surface area contributed by atoms with Crippen molar-refractivity contribution in [2.45, 2.75) is 59.8 Å². The van der Waals surface area contributed by atoms with E-state index in [0.29, 0.717) is 12.5 Å². The lowest BCUT2D eigenvalue weighted by Gasteiger charge is -2.16. The molecule has 0 N–H and O–H groups in total. The summed E-state index contributed by atoms with van der Waals surface area (Å²) in [6, 6.07) is 0. The molecule has 0 saturated carbocycles. The summed E-state index contributed by atoms with van der Waals surface area (Å²) in [4.78, 5) is 11.5. The second-order valence-corrected chi connectivity index (χ2v) is 4.38. The summed E-state index contributed by atoms with van der Waals surface area (Å²) >= 11 is 0. The Kier molecular flexibility index (Phi) is 8.44. The molecule has 0 radical (unpaired) electrons. The topological polar surface area (TPSA) is 26.3 Å². The molecule has 0 amide bonds. The zero-order chi connectivity index (χ0) is 11.7. The van der Waals surface area contributed by atoms with Gasteiger partial charge in [0.1, 0.15) is 0 Å². The number of esters is 1. The summed E-state index contributed by atoms with van der Waals surface area (Å²) in [7, 11) is 0. The number of rotatable bonds is 8. The fourth-order valence-corrected chi connectivity index (χ4v) is 1.71. The molecule has 0 aliphatic heterocycles. The highest BCUT2D eigenvalue weighted by atomic mass is 16.5. The predicted molar refractivity (Wildman–Crippen MR) is 63.7 cm³/mol. The van der Waals surface area contributed by atoms with Crippen molar-refractivity contribution in [3.05, 3.63) is 0 Å². The van der Waals surface area contributed by atoms with Crippen molar-refractivity contribution in [2.24, 2.45) is 11.8 Å². The molecule has 2 unspecified atom stereocenters. The van der Waals surface area contributed by atoms with Crippen molar-refractivity contribution in [2.75, 3.05) is 6.61 Å². The van der Waals surface area contributed by atoms with E-state index in [0.717, 1.165) is 25.7 Å². The first-order valence-corrected chi connectivity index (χ1v) is 6.32. The van der Waals surface area contributed by atoms with Gasteiger partial charge in [0.05, 0.1) is 12.5 Å². The molecule has 90 valence electrons. The van der Waals surface area contributed by atoms with Crippen molar-refractivity contribution in [1.82, 2.24) is 0 Å². The van der Waals surface area contributed by atoms with E-state index in [2.05, 4.69) is 20.8 Å². The molecule has 0 aliphatic rings. The van der Waals surface area contributed by atoms with Crippen molar-refractivity contribution in [1.29, 1.82) is 0 Å². The number of hydrogen-bond donors (Lipinski definition) is 0. The van der Waals surface area contributed by atoms with Gasteiger partial charge >= 0.3 is 5.97 Å². The van der Waals surface area contributed by atoms with Crippen LogP contribution in [0.4, 0.5) is 0 Å². The molecular weight excluding hydrogens is 188 g/mol. The maximum Gasteiger partial charge on any atom is 0.308 e. The molecule has 0 spiro atoms. The van der Waals surface area contributed by atoms with Crippen LogP contribution in [0.2, 0.25) is 0 Å². The molecule has 0 bridgehead atoms. The second kappa shape index (κ2) is 8.75. The Morgan fingerprint density at radius 3 is 2.20 bits per heavy atom. The Hall–Kier alpha value is -0.530. The molecule has 2 nitrogen and oxygen atoms in total. The van der Waals surface area contributed by atoms with Gasteiger partial charge < -0.3 is 4.74 Å². The quantitative estimate of drug-likeness (QED) is 0.575. The fourth-order valence-electron chi connectivity index (χ4n) is 1.71. The van der Waals surface area contributed by atoms with Crippen LogP contribution in [-0.4, -0.2) is 12.6 Å². The standard InChI is InChI=1S/C13H26O2/c1-5-8-11(4)13(14)15-10-12(7-3)9-6-2/h11-12H,5-10H2,1-4H3. The van der Waals surface area contributed by atoms with Crippen LogP contribution < -0.4 is 0 Å². The zero-order valence-electron chi connectivity index (χ0n) is 10.7. The van der Waals surface area contributed by atoms with Crippen LogP contribution in [0.3, 0.4) is 0 Å². The number of hydrogen-bond acceptors (Lipinski definition) is 2. The van der Waals surface area contributed by atoms with Crippen LogP contribution in [-0.2, 0) is 9.53 Å². The minimum atomic E-state index is -0.0218. The first-order chi connectivity index (χ1) is 7.15. The summed E-state index contributed by atoms with van der Waals surface area (Å²) in [6.45, 7) is 8.98. The van der Waals surface area contributed by atoms with Gasteiger partial charge in [0, 0.05) is 0 Å². The van der Waals surface area contributed by atoms with Crippen LogP contribution in [0, 0.1) is 11.8 Å². The lowest BCUT2D eigenvalue weighted by molar-refractivity contribution is -0.149. The van der Waals surface area contributed by atoms with Gasteiger partial charge in [-0.2, -0.15) is 0 Å². The molecule has 2 heteroatoms. The molecule has 15 heavy (non-hydrogen) atoms. The minimum absolute atomic E-state index is 0.0218. The molecule has 0 aliphatic carbocycles. The van der Waals surface area contributed by atoms with Gasteiger partial charge in [0.15, 0.2) is 0 Å². The Labute approximate surface area is 94.4 Å². The number of ether oxygens (including phenoxy) is 1. The van der Waals surface area contributed by atoms with Crippen LogP contribution >= 0.6 is 0 Å². The monoisotopic (exact) mass is 214 g/mol. The molecule has 0 aromatic rings. The average Bonchev–Trinajstić information content (AvgIpc) is 2.24. The molecule has 0 rings (SSSR count). The van der Waals surface area contributed by atoms with Gasteiger partial charge in [0.25, 0.3) is 0 Å². The van der Waals surface area contributed by atoms with E-state index in [1.165, 1.54) is 6.42 Å². The van der Waals surface area contributed by atoms with Gasteiger partial charge in [-0.05, 0) is 18.8 Å². The van der Waals surface area contributed by atoms with Crippen molar-refractivity contribution in [3.8, 4) is 0 Å². The maximum absolute atomic E-state index is 11.5. The van der Waals surface area contributed by atoms with E-state index < -0.39 is 0 Å². The highest BCUT2D eigenvalue weighted by Crippen LogP contribution is 2.13. The third-order valence-electron chi connectivity index (χ3n) is 2.86. The van der Waals surface area contributed by atoms with Gasteiger partial charge in [-0.25, -0.2) is 0 Å². The number of carbonyl (C=O) groups is 1. The van der Waals surface area contributed by atoms with Gasteiger partial charge in [-0.15, -0.1) is 0 Å². The molecule has 0 aromatic heterocycles. The van der Waals surface area contributed by atoms with E-state index in [1.807, 2.05) is 6.92 Å². The number of carbonyl (C=O) groups excluding carboxylic acids is 1. The van der Waals surface area contributed by atoms with Crippen LogP contribution in [0.15, 0.2) is 0 Å². The third-order valence-corrected chi connectivity index (χ3v) is 2.86.